The van der Waals surface area contributed by atoms with Crippen molar-refractivity contribution >= 4 is 5.69 Å². The summed E-state index contributed by atoms with van der Waals surface area (Å²) in [5, 5.41) is 15.4. The Bertz CT molecular complexity index is 528. The second-order valence-corrected chi connectivity index (χ2v) is 5.41. The summed E-state index contributed by atoms with van der Waals surface area (Å²) < 4.78 is 38.2. The number of rotatable bonds is 3. The lowest BCUT2D eigenvalue weighted by Gasteiger charge is -2.29. The molecule has 1 fully saturated rings. The van der Waals surface area contributed by atoms with Gasteiger partial charge in [-0.25, -0.2) is 0 Å². The molecular weight excluding hydrogens is 279 g/mol. The van der Waals surface area contributed by atoms with Crippen LogP contribution in [-0.4, -0.2) is 19.1 Å². The van der Waals surface area contributed by atoms with Crippen molar-refractivity contribution < 1.29 is 13.2 Å². The van der Waals surface area contributed by atoms with Crippen LogP contribution >= 0.6 is 0 Å². The van der Waals surface area contributed by atoms with E-state index in [1.807, 2.05) is 6.92 Å². The quantitative estimate of drug-likeness (QED) is 0.899. The smallest absolute Gasteiger partial charge is 0.382 e. The fourth-order valence-electron chi connectivity index (χ4n) is 2.66. The molecule has 114 valence electrons. The first-order chi connectivity index (χ1) is 9.91. The van der Waals surface area contributed by atoms with Gasteiger partial charge >= 0.3 is 6.18 Å². The molecule has 2 N–H and O–H groups in total. The van der Waals surface area contributed by atoms with Crippen molar-refractivity contribution in [3.63, 3.8) is 0 Å². The monoisotopic (exact) mass is 297 g/mol. The number of nitrogens with one attached hydrogen (secondary N) is 2. The van der Waals surface area contributed by atoms with Gasteiger partial charge in [0, 0.05) is 11.7 Å². The Balaban J connectivity index is 2.12. The molecule has 2 atom stereocenters. The molecule has 6 heteroatoms. The number of halogens is 3. The Morgan fingerprint density at radius 2 is 2.19 bits per heavy atom. The Hall–Kier alpha value is -1.74. The van der Waals surface area contributed by atoms with E-state index in [-0.39, 0.29) is 11.6 Å². The van der Waals surface area contributed by atoms with Gasteiger partial charge in [0.2, 0.25) is 0 Å². The van der Waals surface area contributed by atoms with Crippen LogP contribution in [0.3, 0.4) is 0 Å². The fraction of sp³-hybridized carbons (Fsp3) is 0.533. The highest BCUT2D eigenvalue weighted by molar-refractivity contribution is 5.54. The van der Waals surface area contributed by atoms with Gasteiger partial charge in [0.05, 0.1) is 17.2 Å². The van der Waals surface area contributed by atoms with Crippen molar-refractivity contribution in [3.8, 4) is 6.07 Å². The maximum absolute atomic E-state index is 12.7. The van der Waals surface area contributed by atoms with E-state index in [4.69, 9.17) is 5.26 Å². The Morgan fingerprint density at radius 3 is 2.76 bits per heavy atom. The molecule has 0 saturated carbocycles. The van der Waals surface area contributed by atoms with Crippen LogP contribution in [0.5, 0.6) is 0 Å². The first-order valence-corrected chi connectivity index (χ1v) is 7.00. The SMILES string of the molecule is CC(Nc1ccc(C(F)(F)F)c(C#N)c1)C1CCCNC1. The number of benzene rings is 1. The Morgan fingerprint density at radius 1 is 1.43 bits per heavy atom. The molecule has 0 amide bonds. The minimum absolute atomic E-state index is 0.140. The van der Waals surface area contributed by atoms with Crippen LogP contribution in [0, 0.1) is 17.2 Å². The predicted molar refractivity (Wildman–Crippen MR) is 74.8 cm³/mol. The molecule has 1 aromatic rings. The number of anilines is 1. The number of hydrogen-bond donors (Lipinski definition) is 2. The summed E-state index contributed by atoms with van der Waals surface area (Å²) in [7, 11) is 0. The topological polar surface area (TPSA) is 47.9 Å². The summed E-state index contributed by atoms with van der Waals surface area (Å²) in [6, 6.07) is 5.39. The zero-order valence-corrected chi connectivity index (χ0v) is 11.8. The third-order valence-electron chi connectivity index (χ3n) is 3.88. The molecule has 1 aliphatic heterocycles. The molecule has 1 aliphatic rings. The van der Waals surface area contributed by atoms with Crippen molar-refractivity contribution in [2.24, 2.45) is 5.92 Å². The van der Waals surface area contributed by atoms with Gasteiger partial charge in [-0.1, -0.05) is 0 Å². The van der Waals surface area contributed by atoms with Gasteiger partial charge in [-0.05, 0) is 57.0 Å². The average molecular weight is 297 g/mol. The predicted octanol–water partition coefficient (Wildman–Crippen LogP) is 3.38. The number of piperidine rings is 1. The molecule has 0 spiro atoms. The zero-order chi connectivity index (χ0) is 15.5. The molecule has 1 saturated heterocycles. The third-order valence-corrected chi connectivity index (χ3v) is 3.88. The van der Waals surface area contributed by atoms with Crippen LogP contribution in [-0.2, 0) is 6.18 Å². The molecule has 2 rings (SSSR count). The Labute approximate surface area is 122 Å². The summed E-state index contributed by atoms with van der Waals surface area (Å²) in [5.74, 6) is 0.437. The van der Waals surface area contributed by atoms with Gasteiger partial charge in [-0.3, -0.25) is 0 Å². The highest BCUT2D eigenvalue weighted by atomic mass is 19.4. The van der Waals surface area contributed by atoms with E-state index in [0.29, 0.717) is 11.6 Å². The van der Waals surface area contributed by atoms with Crippen LogP contribution in [0.2, 0.25) is 0 Å². The molecule has 0 aromatic heterocycles. The minimum atomic E-state index is -4.50. The highest BCUT2D eigenvalue weighted by Crippen LogP contribution is 2.33. The number of nitrogens with zero attached hydrogens (tertiary/aromatic N) is 1. The number of hydrogen-bond acceptors (Lipinski definition) is 3. The average Bonchev–Trinajstić information content (AvgIpc) is 2.46. The summed E-state index contributed by atoms with van der Waals surface area (Å²) in [6.45, 7) is 3.93. The van der Waals surface area contributed by atoms with Crippen LogP contribution in [0.15, 0.2) is 18.2 Å². The molecule has 1 aromatic carbocycles. The molecule has 3 nitrogen and oxygen atoms in total. The van der Waals surface area contributed by atoms with E-state index in [1.54, 1.807) is 6.07 Å². The van der Waals surface area contributed by atoms with Gasteiger partial charge in [-0.15, -0.1) is 0 Å². The van der Waals surface area contributed by atoms with E-state index in [1.165, 1.54) is 12.1 Å². The lowest BCUT2D eigenvalue weighted by molar-refractivity contribution is -0.137. The summed E-state index contributed by atoms with van der Waals surface area (Å²) in [6.07, 6.45) is -2.30. The molecule has 21 heavy (non-hydrogen) atoms. The standard InChI is InChI=1S/C15H18F3N3/c1-10(11-3-2-6-20-9-11)21-13-4-5-14(15(16,17)18)12(7-13)8-19/h4-5,7,10-11,20-21H,2-3,6,9H2,1H3. The van der Waals surface area contributed by atoms with Crippen molar-refractivity contribution in [3.05, 3.63) is 29.3 Å². The van der Waals surface area contributed by atoms with E-state index >= 15 is 0 Å². The normalized spacial score (nSPS) is 20.6. The fourth-order valence-corrected chi connectivity index (χ4v) is 2.66. The molecule has 1 heterocycles. The molecular formula is C15H18F3N3. The molecule has 2 unspecified atom stereocenters. The van der Waals surface area contributed by atoms with Gasteiger partial charge in [0.15, 0.2) is 0 Å². The first-order valence-electron chi connectivity index (χ1n) is 7.00. The van der Waals surface area contributed by atoms with Gasteiger partial charge in [-0.2, -0.15) is 18.4 Å². The number of alkyl halides is 3. The van der Waals surface area contributed by atoms with E-state index in [2.05, 4.69) is 10.6 Å². The van der Waals surface area contributed by atoms with E-state index in [9.17, 15) is 13.2 Å². The van der Waals surface area contributed by atoms with Crippen molar-refractivity contribution in [2.45, 2.75) is 32.0 Å². The highest BCUT2D eigenvalue weighted by Gasteiger charge is 2.33. The second kappa shape index (κ2) is 6.35. The number of nitriles is 1. The van der Waals surface area contributed by atoms with E-state index < -0.39 is 11.7 Å². The van der Waals surface area contributed by atoms with Crippen molar-refractivity contribution in [1.82, 2.24) is 5.32 Å². The van der Waals surface area contributed by atoms with Crippen molar-refractivity contribution in [2.75, 3.05) is 18.4 Å². The van der Waals surface area contributed by atoms with Crippen LogP contribution in [0.1, 0.15) is 30.9 Å². The van der Waals surface area contributed by atoms with Gasteiger partial charge in [0.1, 0.15) is 0 Å². The maximum atomic E-state index is 12.7. The van der Waals surface area contributed by atoms with Crippen LogP contribution in [0.25, 0.3) is 0 Å². The summed E-state index contributed by atoms with van der Waals surface area (Å²) in [5.41, 5.74) is -0.679. The molecule has 0 bridgehead atoms. The largest absolute Gasteiger partial charge is 0.417 e. The zero-order valence-electron chi connectivity index (χ0n) is 11.8. The van der Waals surface area contributed by atoms with Crippen molar-refractivity contribution in [1.29, 1.82) is 5.26 Å². The maximum Gasteiger partial charge on any atom is 0.417 e. The Kier molecular flexibility index (Phi) is 4.73. The van der Waals surface area contributed by atoms with E-state index in [0.717, 1.165) is 32.0 Å². The first kappa shape index (κ1) is 15.6. The minimum Gasteiger partial charge on any atom is -0.382 e. The lowest BCUT2D eigenvalue weighted by Crippen LogP contribution is -2.38. The molecule has 0 aliphatic carbocycles. The van der Waals surface area contributed by atoms with Gasteiger partial charge in [0.25, 0.3) is 0 Å². The van der Waals surface area contributed by atoms with Gasteiger partial charge < -0.3 is 10.6 Å². The van der Waals surface area contributed by atoms with Crippen LogP contribution in [0.4, 0.5) is 18.9 Å². The summed E-state index contributed by atoms with van der Waals surface area (Å²) >= 11 is 0. The summed E-state index contributed by atoms with van der Waals surface area (Å²) in [4.78, 5) is 0. The second-order valence-electron chi connectivity index (χ2n) is 5.41. The molecule has 0 radical (unpaired) electrons. The third kappa shape index (κ3) is 3.88. The van der Waals surface area contributed by atoms with Crippen LogP contribution < -0.4 is 10.6 Å². The lowest BCUT2D eigenvalue weighted by atomic mass is 9.92.